The third-order valence-electron chi connectivity index (χ3n) is 3.38. The highest BCUT2D eigenvalue weighted by molar-refractivity contribution is 5.80. The summed E-state index contributed by atoms with van der Waals surface area (Å²) in [5.41, 5.74) is 0. The van der Waals surface area contributed by atoms with Crippen molar-refractivity contribution in [1.29, 1.82) is 0 Å². The number of amides is 1. The molecule has 3 atom stereocenters. The van der Waals surface area contributed by atoms with Gasteiger partial charge in [0, 0.05) is 12.6 Å². The molecule has 1 rings (SSSR count). The molecule has 5 nitrogen and oxygen atoms in total. The molecule has 0 aromatic carbocycles. The first-order chi connectivity index (χ1) is 7.91. The molecule has 1 unspecified atom stereocenters. The van der Waals surface area contributed by atoms with Crippen LogP contribution in [0, 0.1) is 17.8 Å². The van der Waals surface area contributed by atoms with E-state index >= 15 is 0 Å². The van der Waals surface area contributed by atoms with Crippen molar-refractivity contribution in [1.82, 2.24) is 10.6 Å². The van der Waals surface area contributed by atoms with Crippen LogP contribution in [0.25, 0.3) is 0 Å². The summed E-state index contributed by atoms with van der Waals surface area (Å²) < 4.78 is 0. The third-order valence-corrected chi connectivity index (χ3v) is 3.38. The van der Waals surface area contributed by atoms with E-state index in [0.717, 1.165) is 6.54 Å². The van der Waals surface area contributed by atoms with Crippen LogP contribution < -0.4 is 10.6 Å². The lowest BCUT2D eigenvalue weighted by Crippen LogP contribution is -2.44. The van der Waals surface area contributed by atoms with Crippen LogP contribution in [0.3, 0.4) is 0 Å². The smallest absolute Gasteiger partial charge is 0.305 e. The van der Waals surface area contributed by atoms with Crippen molar-refractivity contribution in [2.24, 2.45) is 17.8 Å². The van der Waals surface area contributed by atoms with E-state index in [2.05, 4.69) is 10.6 Å². The topological polar surface area (TPSA) is 78.4 Å². The van der Waals surface area contributed by atoms with Crippen LogP contribution in [0.4, 0.5) is 0 Å². The summed E-state index contributed by atoms with van der Waals surface area (Å²) in [6, 6.07) is -0.284. The lowest BCUT2D eigenvalue weighted by Gasteiger charge is -2.23. The molecule has 0 radical (unpaired) electrons. The van der Waals surface area contributed by atoms with Gasteiger partial charge in [-0.25, -0.2) is 0 Å². The lowest BCUT2D eigenvalue weighted by atomic mass is 9.95. The number of aliphatic carboxylic acids is 1. The average Bonchev–Trinajstić information content (AvgIpc) is 2.62. The van der Waals surface area contributed by atoms with Crippen molar-refractivity contribution in [2.75, 3.05) is 13.1 Å². The maximum atomic E-state index is 12.0. The number of hydrogen-bond donors (Lipinski definition) is 3. The van der Waals surface area contributed by atoms with Crippen LogP contribution in [-0.2, 0) is 9.59 Å². The fourth-order valence-corrected chi connectivity index (χ4v) is 2.09. The van der Waals surface area contributed by atoms with E-state index in [1.165, 1.54) is 0 Å². The Balaban J connectivity index is 2.54. The van der Waals surface area contributed by atoms with Crippen LogP contribution in [-0.4, -0.2) is 36.1 Å². The summed E-state index contributed by atoms with van der Waals surface area (Å²) in [5.74, 6) is -0.499. The first-order valence-corrected chi connectivity index (χ1v) is 6.14. The van der Waals surface area contributed by atoms with Gasteiger partial charge in [-0.05, 0) is 18.4 Å². The SMILES string of the molecule is CC(C)C(CC(=O)O)NC(=O)[C@@H]1CNC[C@H]1C. The van der Waals surface area contributed by atoms with E-state index < -0.39 is 5.97 Å². The number of rotatable bonds is 5. The second-order valence-corrected chi connectivity index (χ2v) is 5.20. The van der Waals surface area contributed by atoms with Crippen LogP contribution in [0.15, 0.2) is 0 Å². The van der Waals surface area contributed by atoms with Crippen molar-refractivity contribution in [3.8, 4) is 0 Å². The van der Waals surface area contributed by atoms with E-state index in [1.54, 1.807) is 0 Å². The minimum atomic E-state index is -0.874. The second-order valence-electron chi connectivity index (χ2n) is 5.20. The van der Waals surface area contributed by atoms with Crippen molar-refractivity contribution in [3.63, 3.8) is 0 Å². The van der Waals surface area contributed by atoms with Gasteiger partial charge in [0.25, 0.3) is 0 Å². The quantitative estimate of drug-likeness (QED) is 0.654. The maximum absolute atomic E-state index is 12.0. The predicted octanol–water partition coefficient (Wildman–Crippen LogP) is 0.457. The van der Waals surface area contributed by atoms with Crippen molar-refractivity contribution >= 4 is 11.9 Å². The summed E-state index contributed by atoms with van der Waals surface area (Å²) in [7, 11) is 0. The lowest BCUT2D eigenvalue weighted by molar-refractivity contribution is -0.138. The molecule has 1 heterocycles. The van der Waals surface area contributed by atoms with Gasteiger partial charge in [0.1, 0.15) is 0 Å². The van der Waals surface area contributed by atoms with E-state index in [0.29, 0.717) is 12.5 Å². The van der Waals surface area contributed by atoms with Crippen LogP contribution >= 0.6 is 0 Å². The Bertz CT molecular complexity index is 291. The minimum Gasteiger partial charge on any atom is -0.481 e. The van der Waals surface area contributed by atoms with Gasteiger partial charge in [-0.15, -0.1) is 0 Å². The Labute approximate surface area is 102 Å². The molecule has 1 aliphatic rings. The Hall–Kier alpha value is -1.10. The number of carboxylic acid groups (broad SMARTS) is 1. The number of nitrogens with one attached hydrogen (secondary N) is 2. The second kappa shape index (κ2) is 6.00. The van der Waals surface area contributed by atoms with Crippen molar-refractivity contribution in [3.05, 3.63) is 0 Å². The molecule has 0 spiro atoms. The van der Waals surface area contributed by atoms with Crippen LogP contribution in [0.2, 0.25) is 0 Å². The first-order valence-electron chi connectivity index (χ1n) is 6.14. The third kappa shape index (κ3) is 4.00. The zero-order valence-electron chi connectivity index (χ0n) is 10.7. The highest BCUT2D eigenvalue weighted by atomic mass is 16.4. The van der Waals surface area contributed by atoms with Gasteiger partial charge in [-0.3, -0.25) is 9.59 Å². The molecule has 0 bridgehead atoms. The van der Waals surface area contributed by atoms with E-state index in [4.69, 9.17) is 5.11 Å². The highest BCUT2D eigenvalue weighted by Gasteiger charge is 2.31. The van der Waals surface area contributed by atoms with Gasteiger partial charge in [-0.1, -0.05) is 20.8 Å². The Morgan fingerprint density at radius 2 is 2.06 bits per heavy atom. The maximum Gasteiger partial charge on any atom is 0.305 e. The standard InChI is InChI=1S/C12H22N2O3/c1-7(2)10(4-11(15)16)14-12(17)9-6-13-5-8(9)3/h7-10,13H,4-6H2,1-3H3,(H,14,17)(H,15,16)/t8-,9-,10?/m1/s1. The summed E-state index contributed by atoms with van der Waals surface area (Å²) in [4.78, 5) is 22.7. The molecular formula is C12H22N2O3. The molecule has 0 aliphatic carbocycles. The summed E-state index contributed by atoms with van der Waals surface area (Å²) in [6.45, 7) is 7.41. The van der Waals surface area contributed by atoms with Crippen LogP contribution in [0.1, 0.15) is 27.2 Å². The number of carboxylic acids is 1. The molecule has 0 saturated carbocycles. The molecule has 1 amide bonds. The Morgan fingerprint density at radius 1 is 1.41 bits per heavy atom. The molecule has 17 heavy (non-hydrogen) atoms. The first kappa shape index (κ1) is 14.0. The monoisotopic (exact) mass is 242 g/mol. The largest absolute Gasteiger partial charge is 0.481 e. The van der Waals surface area contributed by atoms with Gasteiger partial charge in [0.05, 0.1) is 12.3 Å². The average molecular weight is 242 g/mol. The van der Waals surface area contributed by atoms with Gasteiger partial charge < -0.3 is 15.7 Å². The minimum absolute atomic E-state index is 0.0159. The summed E-state index contributed by atoms with van der Waals surface area (Å²) in [5, 5.41) is 14.8. The Morgan fingerprint density at radius 3 is 2.47 bits per heavy atom. The highest BCUT2D eigenvalue weighted by Crippen LogP contribution is 2.17. The van der Waals surface area contributed by atoms with E-state index in [9.17, 15) is 9.59 Å². The zero-order chi connectivity index (χ0) is 13.0. The molecule has 3 N–H and O–H groups in total. The predicted molar refractivity (Wildman–Crippen MR) is 64.5 cm³/mol. The van der Waals surface area contributed by atoms with Crippen LogP contribution in [0.5, 0.6) is 0 Å². The molecule has 0 aromatic heterocycles. The summed E-state index contributed by atoms with van der Waals surface area (Å²) in [6.07, 6.45) is -0.0159. The molecule has 5 heteroatoms. The van der Waals surface area contributed by atoms with Gasteiger partial charge in [-0.2, -0.15) is 0 Å². The van der Waals surface area contributed by atoms with E-state index in [1.807, 2.05) is 20.8 Å². The normalized spacial score (nSPS) is 25.9. The van der Waals surface area contributed by atoms with E-state index in [-0.39, 0.29) is 30.2 Å². The molecule has 0 aromatic rings. The Kier molecular flexibility index (Phi) is 4.93. The number of carbonyl (C=O) groups excluding carboxylic acids is 1. The number of hydrogen-bond acceptors (Lipinski definition) is 3. The zero-order valence-corrected chi connectivity index (χ0v) is 10.7. The molecule has 1 aliphatic heterocycles. The molecule has 1 saturated heterocycles. The van der Waals surface area contributed by atoms with Gasteiger partial charge in [0.15, 0.2) is 0 Å². The molecular weight excluding hydrogens is 220 g/mol. The fourth-order valence-electron chi connectivity index (χ4n) is 2.09. The summed E-state index contributed by atoms with van der Waals surface area (Å²) >= 11 is 0. The number of carbonyl (C=O) groups is 2. The van der Waals surface area contributed by atoms with Gasteiger partial charge in [0.2, 0.25) is 5.91 Å². The fraction of sp³-hybridized carbons (Fsp3) is 0.833. The van der Waals surface area contributed by atoms with Crippen molar-refractivity contribution in [2.45, 2.75) is 33.2 Å². The van der Waals surface area contributed by atoms with Gasteiger partial charge >= 0.3 is 5.97 Å². The molecule has 1 fully saturated rings. The molecule has 98 valence electrons. The van der Waals surface area contributed by atoms with Crippen molar-refractivity contribution < 1.29 is 14.7 Å².